The van der Waals surface area contributed by atoms with Gasteiger partial charge in [0.1, 0.15) is 5.76 Å². The number of carbonyl (C=O) groups excluding carboxylic acids is 1. The van der Waals surface area contributed by atoms with Gasteiger partial charge in [-0.2, -0.15) is 0 Å². The van der Waals surface area contributed by atoms with E-state index in [2.05, 4.69) is 6.92 Å². The van der Waals surface area contributed by atoms with Crippen molar-refractivity contribution in [3.63, 3.8) is 0 Å². The molecule has 0 aromatic carbocycles. The van der Waals surface area contributed by atoms with E-state index in [1.54, 1.807) is 18.2 Å². The van der Waals surface area contributed by atoms with Gasteiger partial charge in [0.05, 0.1) is 6.61 Å². The number of unbranched alkanes of at least 4 members (excludes halogenated alkanes) is 3. The topological polar surface area (TPSA) is 63.6 Å². The number of carboxylic acid groups (broad SMARTS) is 1. The molecule has 1 atom stereocenters. The first-order valence-electron chi connectivity index (χ1n) is 7.07. The van der Waals surface area contributed by atoms with Gasteiger partial charge in [-0.05, 0) is 25.0 Å². The Morgan fingerprint density at radius 1 is 1.25 bits per heavy atom. The number of carboxylic acids is 1. The average Bonchev–Trinajstić information content (AvgIpc) is 2.92. The lowest BCUT2D eigenvalue weighted by molar-refractivity contribution is -0.148. The predicted molar refractivity (Wildman–Crippen MR) is 75.1 cm³/mol. The van der Waals surface area contributed by atoms with Gasteiger partial charge in [0.25, 0.3) is 0 Å². The summed E-state index contributed by atoms with van der Waals surface area (Å²) >= 11 is 0. The highest BCUT2D eigenvalue weighted by molar-refractivity contribution is 6.12. The van der Waals surface area contributed by atoms with Crippen LogP contribution in [0.2, 0.25) is 0 Å². The molecule has 0 saturated carbocycles. The second-order valence-corrected chi connectivity index (χ2v) is 5.23. The molecule has 0 fully saturated rings. The summed E-state index contributed by atoms with van der Waals surface area (Å²) < 4.78 is 5.68. The molecule has 0 aliphatic heterocycles. The van der Waals surface area contributed by atoms with Crippen LogP contribution in [0.1, 0.15) is 39.5 Å². The molecular formula is C16H20O4. The molecule has 2 aliphatic carbocycles. The van der Waals surface area contributed by atoms with E-state index in [-0.39, 0.29) is 5.78 Å². The van der Waals surface area contributed by atoms with Crippen LogP contribution in [0, 0.1) is 5.41 Å². The summed E-state index contributed by atoms with van der Waals surface area (Å²) in [6.07, 6.45) is 9.43. The number of carbonyl (C=O) groups is 2. The molecule has 0 saturated heterocycles. The van der Waals surface area contributed by atoms with E-state index in [9.17, 15) is 14.7 Å². The van der Waals surface area contributed by atoms with Crippen molar-refractivity contribution in [1.29, 1.82) is 0 Å². The highest BCUT2D eigenvalue weighted by Gasteiger charge is 2.55. The molecule has 0 aromatic heterocycles. The van der Waals surface area contributed by atoms with Gasteiger partial charge in [0.15, 0.2) is 11.2 Å². The standard InChI is InChI=1S/C16H20O4/c1-3-4-5-6-9-20-14-10-12-7-8-13(14)16(12,11(2)17)15(18)19/h7-8,10H,3-6,9H2,1-2H3,(H,18,19). The van der Waals surface area contributed by atoms with Gasteiger partial charge in [-0.25, -0.2) is 0 Å². The molecule has 2 aliphatic rings. The number of Topliss-reactive ketones (excluding diaryl/α,β-unsaturated/α-hetero) is 1. The van der Waals surface area contributed by atoms with Gasteiger partial charge in [0.2, 0.25) is 0 Å². The van der Waals surface area contributed by atoms with Crippen LogP contribution in [0.5, 0.6) is 0 Å². The van der Waals surface area contributed by atoms with E-state index in [1.165, 1.54) is 13.3 Å². The van der Waals surface area contributed by atoms with Crippen molar-refractivity contribution in [3.05, 3.63) is 35.1 Å². The monoisotopic (exact) mass is 276 g/mol. The Bertz CT molecular complexity index is 509. The minimum absolute atomic E-state index is 0.374. The van der Waals surface area contributed by atoms with Crippen LogP contribution < -0.4 is 0 Å². The van der Waals surface area contributed by atoms with Crippen LogP contribution in [0.15, 0.2) is 35.1 Å². The van der Waals surface area contributed by atoms with E-state index in [1.807, 2.05) is 0 Å². The Hall–Kier alpha value is -1.84. The largest absolute Gasteiger partial charge is 0.493 e. The van der Waals surface area contributed by atoms with Crippen molar-refractivity contribution >= 4 is 11.8 Å². The van der Waals surface area contributed by atoms with Crippen LogP contribution in [-0.2, 0) is 14.3 Å². The number of rotatable bonds is 8. The number of allylic oxidation sites excluding steroid dienone is 3. The van der Waals surface area contributed by atoms with E-state index in [4.69, 9.17) is 4.74 Å². The predicted octanol–water partition coefficient (Wildman–Crippen LogP) is 3.01. The molecule has 1 N–H and O–H groups in total. The maximum atomic E-state index is 11.9. The zero-order valence-corrected chi connectivity index (χ0v) is 11.9. The first-order valence-corrected chi connectivity index (χ1v) is 7.07. The van der Waals surface area contributed by atoms with E-state index >= 15 is 0 Å². The highest BCUT2D eigenvalue weighted by Crippen LogP contribution is 2.50. The number of hydrogen-bond donors (Lipinski definition) is 1. The summed E-state index contributed by atoms with van der Waals surface area (Å²) in [4.78, 5) is 23.5. The molecule has 20 heavy (non-hydrogen) atoms. The molecule has 2 bridgehead atoms. The molecule has 0 radical (unpaired) electrons. The van der Waals surface area contributed by atoms with Gasteiger partial charge in [0, 0.05) is 5.57 Å². The minimum atomic E-state index is -1.53. The summed E-state index contributed by atoms with van der Waals surface area (Å²) in [7, 11) is 0. The molecule has 0 spiro atoms. The van der Waals surface area contributed by atoms with Crippen LogP contribution >= 0.6 is 0 Å². The lowest BCUT2D eigenvalue weighted by atomic mass is 9.78. The molecule has 1 unspecified atom stereocenters. The molecule has 2 rings (SSSR count). The zero-order valence-electron chi connectivity index (χ0n) is 11.9. The van der Waals surface area contributed by atoms with Gasteiger partial charge >= 0.3 is 5.97 Å². The molecule has 4 heteroatoms. The van der Waals surface area contributed by atoms with E-state index in [0.29, 0.717) is 23.5 Å². The molecule has 0 amide bonds. The van der Waals surface area contributed by atoms with Crippen molar-refractivity contribution in [2.24, 2.45) is 5.41 Å². The van der Waals surface area contributed by atoms with Gasteiger partial charge in [-0.15, -0.1) is 0 Å². The van der Waals surface area contributed by atoms with Crippen LogP contribution in [-0.4, -0.2) is 23.5 Å². The van der Waals surface area contributed by atoms with Crippen molar-refractivity contribution < 1.29 is 19.4 Å². The fraction of sp³-hybridized carbons (Fsp3) is 0.500. The number of hydrogen-bond acceptors (Lipinski definition) is 3. The van der Waals surface area contributed by atoms with Gasteiger partial charge in [-0.3, -0.25) is 9.59 Å². The van der Waals surface area contributed by atoms with Gasteiger partial charge < -0.3 is 9.84 Å². The summed E-state index contributed by atoms with van der Waals surface area (Å²) in [5.74, 6) is -0.960. The minimum Gasteiger partial charge on any atom is -0.493 e. The summed E-state index contributed by atoms with van der Waals surface area (Å²) in [6.45, 7) is 4.02. The second-order valence-electron chi connectivity index (χ2n) is 5.23. The zero-order chi connectivity index (χ0) is 14.8. The molecule has 4 nitrogen and oxygen atoms in total. The normalized spacial score (nSPS) is 23.2. The summed E-state index contributed by atoms with van der Waals surface area (Å²) in [5.41, 5.74) is -0.544. The van der Waals surface area contributed by atoms with Crippen LogP contribution in [0.4, 0.5) is 0 Å². The molecular weight excluding hydrogens is 256 g/mol. The third-order valence-corrected chi connectivity index (χ3v) is 3.92. The van der Waals surface area contributed by atoms with Crippen molar-refractivity contribution in [2.45, 2.75) is 39.5 Å². The maximum Gasteiger partial charge on any atom is 0.326 e. The van der Waals surface area contributed by atoms with Crippen molar-refractivity contribution in [3.8, 4) is 0 Å². The fourth-order valence-corrected chi connectivity index (χ4v) is 2.83. The van der Waals surface area contributed by atoms with Crippen molar-refractivity contribution in [2.75, 3.05) is 6.61 Å². The highest BCUT2D eigenvalue weighted by atomic mass is 16.5. The molecule has 0 aromatic rings. The summed E-state index contributed by atoms with van der Waals surface area (Å²) in [6, 6.07) is 0. The average molecular weight is 276 g/mol. The Labute approximate surface area is 118 Å². The summed E-state index contributed by atoms with van der Waals surface area (Å²) in [5, 5.41) is 9.48. The third kappa shape index (κ3) is 2.09. The first-order chi connectivity index (χ1) is 9.55. The third-order valence-electron chi connectivity index (χ3n) is 3.92. The number of ether oxygens (including phenoxy) is 1. The number of fused-ring (bicyclic) bond motifs is 2. The van der Waals surface area contributed by atoms with Crippen molar-refractivity contribution in [1.82, 2.24) is 0 Å². The Balaban J connectivity index is 2.12. The quantitative estimate of drug-likeness (QED) is 0.547. The Morgan fingerprint density at radius 3 is 2.55 bits per heavy atom. The van der Waals surface area contributed by atoms with Crippen LogP contribution in [0.3, 0.4) is 0 Å². The number of ketones is 1. The van der Waals surface area contributed by atoms with Crippen LogP contribution in [0.25, 0.3) is 0 Å². The Kier molecular flexibility index (Phi) is 4.12. The lowest BCUT2D eigenvalue weighted by Crippen LogP contribution is -2.37. The van der Waals surface area contributed by atoms with E-state index < -0.39 is 11.4 Å². The van der Waals surface area contributed by atoms with Gasteiger partial charge in [-0.1, -0.05) is 38.3 Å². The molecule has 0 heterocycles. The SMILES string of the molecule is CCCCCCOC1=C2C=CC(=C1)C2(C(C)=O)C(=O)O. The smallest absolute Gasteiger partial charge is 0.326 e. The first kappa shape index (κ1) is 14.6. The lowest BCUT2D eigenvalue weighted by Gasteiger charge is -2.21. The maximum absolute atomic E-state index is 11.9. The molecule has 108 valence electrons. The Morgan fingerprint density at radius 2 is 2.00 bits per heavy atom. The van der Waals surface area contributed by atoms with E-state index in [0.717, 1.165) is 19.3 Å². The number of aliphatic carboxylic acids is 1. The second kappa shape index (κ2) is 5.65. The fourth-order valence-electron chi connectivity index (χ4n) is 2.83.